The number of nitrogens with zero attached hydrogens (tertiary/aromatic N) is 1. The van der Waals surface area contributed by atoms with E-state index in [4.69, 9.17) is 0 Å². The number of anilines is 1. The number of hydrogen-bond acceptors (Lipinski definition) is 5. The average Bonchev–Trinajstić information content (AvgIpc) is 2.81. The molecule has 98 valence electrons. The van der Waals surface area contributed by atoms with Crippen molar-refractivity contribution in [2.24, 2.45) is 0 Å². The van der Waals surface area contributed by atoms with Crippen LogP contribution in [-0.2, 0) is 4.79 Å². The molecule has 0 aliphatic heterocycles. The van der Waals surface area contributed by atoms with Gasteiger partial charge in [-0.3, -0.25) is 9.59 Å². The number of nitrogens with one attached hydrogen (secondary N) is 1. The first-order chi connectivity index (χ1) is 9.13. The molecule has 1 aromatic heterocycles. The van der Waals surface area contributed by atoms with Gasteiger partial charge in [-0.1, -0.05) is 23.5 Å². The SMILES string of the molecule is CSc1ccc(-c2sc(NC(C)=O)nc2C=O)cc1. The van der Waals surface area contributed by atoms with E-state index in [0.29, 0.717) is 17.1 Å². The summed E-state index contributed by atoms with van der Waals surface area (Å²) >= 11 is 2.96. The number of carbonyl (C=O) groups excluding carboxylic acids is 2. The highest BCUT2D eigenvalue weighted by Crippen LogP contribution is 2.33. The van der Waals surface area contributed by atoms with E-state index >= 15 is 0 Å². The maximum absolute atomic E-state index is 11.1. The van der Waals surface area contributed by atoms with Crippen LogP contribution in [0.15, 0.2) is 29.2 Å². The number of amides is 1. The van der Waals surface area contributed by atoms with Gasteiger partial charge < -0.3 is 5.32 Å². The fraction of sp³-hybridized carbons (Fsp3) is 0.154. The van der Waals surface area contributed by atoms with E-state index in [1.54, 1.807) is 11.8 Å². The Morgan fingerprint density at radius 2 is 2.05 bits per heavy atom. The molecule has 0 spiro atoms. The molecule has 19 heavy (non-hydrogen) atoms. The van der Waals surface area contributed by atoms with Gasteiger partial charge >= 0.3 is 0 Å². The molecular formula is C13H12N2O2S2. The Labute approximate surface area is 119 Å². The fourth-order valence-electron chi connectivity index (χ4n) is 1.57. The lowest BCUT2D eigenvalue weighted by molar-refractivity contribution is -0.114. The third-order valence-electron chi connectivity index (χ3n) is 2.40. The van der Waals surface area contributed by atoms with Crippen LogP contribution < -0.4 is 5.32 Å². The largest absolute Gasteiger partial charge is 0.302 e. The van der Waals surface area contributed by atoms with Crippen molar-refractivity contribution >= 4 is 40.4 Å². The summed E-state index contributed by atoms with van der Waals surface area (Å²) in [7, 11) is 0. The molecule has 1 amide bonds. The number of thioether (sulfide) groups is 1. The van der Waals surface area contributed by atoms with E-state index in [-0.39, 0.29) is 5.91 Å². The maximum Gasteiger partial charge on any atom is 0.223 e. The first-order valence-electron chi connectivity index (χ1n) is 5.52. The Bertz CT molecular complexity index is 606. The molecule has 1 N–H and O–H groups in total. The topological polar surface area (TPSA) is 59.1 Å². The smallest absolute Gasteiger partial charge is 0.223 e. The van der Waals surface area contributed by atoms with Crippen LogP contribution in [0.4, 0.5) is 5.13 Å². The van der Waals surface area contributed by atoms with E-state index < -0.39 is 0 Å². The van der Waals surface area contributed by atoms with Crippen LogP contribution >= 0.6 is 23.1 Å². The lowest BCUT2D eigenvalue weighted by atomic mass is 10.2. The molecule has 0 saturated heterocycles. The summed E-state index contributed by atoms with van der Waals surface area (Å²) in [6.07, 6.45) is 2.72. The van der Waals surface area contributed by atoms with Crippen LogP contribution in [-0.4, -0.2) is 23.4 Å². The Morgan fingerprint density at radius 1 is 1.37 bits per heavy atom. The number of aldehydes is 1. The predicted molar refractivity (Wildman–Crippen MR) is 79.0 cm³/mol. The Hall–Kier alpha value is -1.66. The number of benzene rings is 1. The molecule has 4 nitrogen and oxygen atoms in total. The molecule has 1 aromatic carbocycles. The lowest BCUT2D eigenvalue weighted by Gasteiger charge is -2.00. The second kappa shape index (κ2) is 5.99. The highest BCUT2D eigenvalue weighted by molar-refractivity contribution is 7.98. The van der Waals surface area contributed by atoms with Gasteiger partial charge in [-0.05, 0) is 24.0 Å². The molecule has 1 heterocycles. The molecule has 0 atom stereocenters. The van der Waals surface area contributed by atoms with E-state index in [1.807, 2.05) is 30.5 Å². The van der Waals surface area contributed by atoms with Crippen molar-refractivity contribution in [1.29, 1.82) is 0 Å². The minimum Gasteiger partial charge on any atom is -0.302 e. The van der Waals surface area contributed by atoms with Gasteiger partial charge in [0.2, 0.25) is 5.91 Å². The summed E-state index contributed by atoms with van der Waals surface area (Å²) < 4.78 is 0. The number of thiazole rings is 1. The fourth-order valence-corrected chi connectivity index (χ4v) is 2.96. The second-order valence-electron chi connectivity index (χ2n) is 3.76. The molecule has 0 fully saturated rings. The van der Waals surface area contributed by atoms with Crippen molar-refractivity contribution < 1.29 is 9.59 Å². The van der Waals surface area contributed by atoms with Gasteiger partial charge in [0.05, 0.1) is 4.88 Å². The van der Waals surface area contributed by atoms with Gasteiger partial charge in [-0.25, -0.2) is 4.98 Å². The maximum atomic E-state index is 11.1. The zero-order valence-electron chi connectivity index (χ0n) is 10.5. The van der Waals surface area contributed by atoms with Gasteiger partial charge in [0.1, 0.15) is 5.69 Å². The number of carbonyl (C=O) groups is 2. The lowest BCUT2D eigenvalue weighted by Crippen LogP contribution is -2.05. The van der Waals surface area contributed by atoms with Crippen molar-refractivity contribution in [3.8, 4) is 10.4 Å². The molecule has 2 aromatic rings. The van der Waals surface area contributed by atoms with Crippen molar-refractivity contribution in [2.75, 3.05) is 11.6 Å². The molecule has 0 aliphatic carbocycles. The molecule has 0 bridgehead atoms. The van der Waals surface area contributed by atoms with Gasteiger partial charge in [0.15, 0.2) is 11.4 Å². The standard InChI is InChI=1S/C13H12N2O2S2/c1-8(17)14-13-15-11(7-16)12(19-13)9-3-5-10(18-2)6-4-9/h3-7H,1-2H3,(H,14,15,17). The predicted octanol–water partition coefficient (Wildman–Crippen LogP) is 3.30. The third-order valence-corrected chi connectivity index (χ3v) is 4.18. The highest BCUT2D eigenvalue weighted by atomic mass is 32.2. The second-order valence-corrected chi connectivity index (χ2v) is 5.64. The van der Waals surface area contributed by atoms with E-state index in [9.17, 15) is 9.59 Å². The summed E-state index contributed by atoms with van der Waals surface area (Å²) in [6.45, 7) is 1.41. The molecule has 0 aliphatic rings. The minimum absolute atomic E-state index is 0.199. The van der Waals surface area contributed by atoms with Crippen molar-refractivity contribution in [2.45, 2.75) is 11.8 Å². The zero-order valence-corrected chi connectivity index (χ0v) is 12.1. The van der Waals surface area contributed by atoms with Crippen LogP contribution in [0.25, 0.3) is 10.4 Å². The van der Waals surface area contributed by atoms with Crippen LogP contribution in [0.1, 0.15) is 17.4 Å². The van der Waals surface area contributed by atoms with Crippen molar-refractivity contribution in [3.63, 3.8) is 0 Å². The Morgan fingerprint density at radius 3 is 2.58 bits per heavy atom. The molecule has 6 heteroatoms. The van der Waals surface area contributed by atoms with Crippen LogP contribution in [0, 0.1) is 0 Å². The molecule has 2 rings (SSSR count). The summed E-state index contributed by atoms with van der Waals surface area (Å²) in [5.74, 6) is -0.199. The van der Waals surface area contributed by atoms with Crippen molar-refractivity contribution in [3.05, 3.63) is 30.0 Å². The average molecular weight is 292 g/mol. The molecular weight excluding hydrogens is 280 g/mol. The summed E-state index contributed by atoms with van der Waals surface area (Å²) in [5, 5.41) is 3.04. The third kappa shape index (κ3) is 3.21. The number of rotatable bonds is 4. The Kier molecular flexibility index (Phi) is 4.34. The highest BCUT2D eigenvalue weighted by Gasteiger charge is 2.13. The Balaban J connectivity index is 2.39. The van der Waals surface area contributed by atoms with E-state index in [1.165, 1.54) is 18.3 Å². The van der Waals surface area contributed by atoms with E-state index in [2.05, 4.69) is 10.3 Å². The summed E-state index contributed by atoms with van der Waals surface area (Å²) in [4.78, 5) is 28.1. The monoisotopic (exact) mass is 292 g/mol. The molecule has 0 unspecified atom stereocenters. The molecule has 0 radical (unpaired) electrons. The van der Waals surface area contributed by atoms with Crippen LogP contribution in [0.2, 0.25) is 0 Å². The normalized spacial score (nSPS) is 10.2. The van der Waals surface area contributed by atoms with Crippen molar-refractivity contribution in [1.82, 2.24) is 4.98 Å². The van der Waals surface area contributed by atoms with Gasteiger partial charge in [-0.15, -0.1) is 11.8 Å². The summed E-state index contributed by atoms with van der Waals surface area (Å²) in [5.41, 5.74) is 1.28. The first-order valence-corrected chi connectivity index (χ1v) is 7.56. The van der Waals surface area contributed by atoms with Crippen LogP contribution in [0.5, 0.6) is 0 Å². The summed E-state index contributed by atoms with van der Waals surface area (Å²) in [6, 6.07) is 7.88. The van der Waals surface area contributed by atoms with Gasteiger partial charge in [0.25, 0.3) is 0 Å². The number of hydrogen-bond donors (Lipinski definition) is 1. The van der Waals surface area contributed by atoms with Crippen LogP contribution in [0.3, 0.4) is 0 Å². The van der Waals surface area contributed by atoms with Gasteiger partial charge in [0, 0.05) is 11.8 Å². The molecule has 0 saturated carbocycles. The zero-order chi connectivity index (χ0) is 13.8. The minimum atomic E-state index is -0.199. The first kappa shape index (κ1) is 13.8. The quantitative estimate of drug-likeness (QED) is 0.694. The van der Waals surface area contributed by atoms with Gasteiger partial charge in [-0.2, -0.15) is 0 Å². The number of aromatic nitrogens is 1. The van der Waals surface area contributed by atoms with E-state index in [0.717, 1.165) is 15.3 Å².